The molecule has 1 aromatic carbocycles. The van der Waals surface area contributed by atoms with Gasteiger partial charge in [0.05, 0.1) is 12.6 Å². The van der Waals surface area contributed by atoms with Gasteiger partial charge in [-0.3, -0.25) is 4.79 Å². The maximum Gasteiger partial charge on any atom is 0.387 e. The van der Waals surface area contributed by atoms with E-state index in [-0.39, 0.29) is 24.2 Å². The van der Waals surface area contributed by atoms with E-state index in [1.807, 2.05) is 0 Å². The summed E-state index contributed by atoms with van der Waals surface area (Å²) in [6, 6.07) is 5.84. The molecule has 0 aromatic heterocycles. The normalized spacial score (nSPS) is 12.3. The molecule has 6 heteroatoms. The monoisotopic (exact) mass is 244 g/mol. The van der Waals surface area contributed by atoms with Gasteiger partial charge in [-0.1, -0.05) is 12.1 Å². The van der Waals surface area contributed by atoms with Crippen LogP contribution in [0.25, 0.3) is 0 Å². The Balaban J connectivity index is 2.63. The fourth-order valence-electron chi connectivity index (χ4n) is 1.32. The fourth-order valence-corrected chi connectivity index (χ4v) is 1.32. The maximum absolute atomic E-state index is 11.9. The quantitative estimate of drug-likeness (QED) is 0.823. The number of hydrogen-bond acceptors (Lipinski definition) is 3. The maximum atomic E-state index is 11.9. The molecule has 3 N–H and O–H groups in total. The van der Waals surface area contributed by atoms with E-state index in [1.165, 1.54) is 12.1 Å². The van der Waals surface area contributed by atoms with E-state index in [2.05, 4.69) is 10.1 Å². The molecule has 1 unspecified atom stereocenters. The minimum absolute atomic E-state index is 0.0844. The van der Waals surface area contributed by atoms with Crippen LogP contribution in [0.4, 0.5) is 8.78 Å². The predicted molar refractivity (Wildman–Crippen MR) is 58.7 cm³/mol. The fraction of sp³-hybridized carbons (Fsp3) is 0.364. The van der Waals surface area contributed by atoms with Crippen LogP contribution in [-0.4, -0.2) is 19.1 Å². The summed E-state index contributed by atoms with van der Waals surface area (Å²) in [4.78, 5) is 11.0. The van der Waals surface area contributed by atoms with Crippen LogP contribution in [0.5, 0.6) is 5.75 Å². The second kappa shape index (κ2) is 6.15. The summed E-state index contributed by atoms with van der Waals surface area (Å²) in [5.41, 5.74) is 5.95. The molecular formula is C11H14F2N2O2. The molecule has 0 aliphatic carbocycles. The van der Waals surface area contributed by atoms with Gasteiger partial charge in [0.2, 0.25) is 5.91 Å². The van der Waals surface area contributed by atoms with Crippen molar-refractivity contribution in [1.29, 1.82) is 0 Å². The molecule has 0 heterocycles. The molecule has 1 atom stereocenters. The molecule has 0 bridgehead atoms. The van der Waals surface area contributed by atoms with Gasteiger partial charge in [-0.05, 0) is 24.6 Å². The molecule has 1 rings (SSSR count). The second-order valence-electron chi connectivity index (χ2n) is 3.44. The van der Waals surface area contributed by atoms with Crippen molar-refractivity contribution in [3.8, 4) is 5.75 Å². The van der Waals surface area contributed by atoms with E-state index in [9.17, 15) is 13.6 Å². The molecule has 0 fully saturated rings. The summed E-state index contributed by atoms with van der Waals surface area (Å²) >= 11 is 0. The minimum atomic E-state index is -2.84. The molecule has 0 saturated heterocycles. The molecule has 0 saturated carbocycles. The van der Waals surface area contributed by atoms with Crippen LogP contribution in [0.2, 0.25) is 0 Å². The van der Waals surface area contributed by atoms with Crippen LogP contribution in [0, 0.1) is 0 Å². The lowest BCUT2D eigenvalue weighted by molar-refractivity contribution is -0.120. The Morgan fingerprint density at radius 1 is 1.41 bits per heavy atom. The van der Waals surface area contributed by atoms with E-state index in [0.717, 1.165) is 5.56 Å². The van der Waals surface area contributed by atoms with Gasteiger partial charge in [0.25, 0.3) is 0 Å². The first-order chi connectivity index (χ1) is 8.02. The first-order valence-corrected chi connectivity index (χ1v) is 5.07. The molecule has 0 spiro atoms. The Kier molecular flexibility index (Phi) is 4.84. The minimum Gasteiger partial charge on any atom is -0.435 e. The number of halogens is 2. The lowest BCUT2D eigenvalue weighted by atomic mass is 10.1. The van der Waals surface area contributed by atoms with Gasteiger partial charge in [0.1, 0.15) is 5.75 Å². The number of alkyl halides is 2. The average molecular weight is 244 g/mol. The number of nitrogens with two attached hydrogens (primary N) is 1. The molecule has 1 aromatic rings. The van der Waals surface area contributed by atoms with Crippen molar-refractivity contribution in [2.75, 3.05) is 6.54 Å². The SMILES string of the molecule is CC(NC(=O)CN)c1ccc(OC(F)F)cc1. The van der Waals surface area contributed by atoms with Gasteiger partial charge in [0, 0.05) is 0 Å². The molecule has 94 valence electrons. The van der Waals surface area contributed by atoms with Crippen LogP contribution in [0.3, 0.4) is 0 Å². The van der Waals surface area contributed by atoms with Gasteiger partial charge >= 0.3 is 6.61 Å². The van der Waals surface area contributed by atoms with Crippen molar-refractivity contribution >= 4 is 5.91 Å². The lowest BCUT2D eigenvalue weighted by Crippen LogP contribution is -2.32. The predicted octanol–water partition coefficient (Wildman–Crippen LogP) is 1.42. The molecule has 0 aliphatic heterocycles. The summed E-state index contributed by atoms with van der Waals surface area (Å²) < 4.78 is 28.0. The van der Waals surface area contributed by atoms with Crippen molar-refractivity contribution in [3.05, 3.63) is 29.8 Å². The van der Waals surface area contributed by atoms with Gasteiger partial charge < -0.3 is 15.8 Å². The zero-order valence-corrected chi connectivity index (χ0v) is 9.32. The summed E-state index contributed by atoms with van der Waals surface area (Å²) in [6.07, 6.45) is 0. The molecule has 1 amide bonds. The van der Waals surface area contributed by atoms with Crippen molar-refractivity contribution < 1.29 is 18.3 Å². The van der Waals surface area contributed by atoms with Crippen LogP contribution < -0.4 is 15.8 Å². The van der Waals surface area contributed by atoms with E-state index in [4.69, 9.17) is 5.73 Å². The molecule has 0 radical (unpaired) electrons. The number of rotatable bonds is 5. The first-order valence-electron chi connectivity index (χ1n) is 5.07. The van der Waals surface area contributed by atoms with Crippen LogP contribution in [0.1, 0.15) is 18.5 Å². The van der Waals surface area contributed by atoms with Crippen molar-refractivity contribution in [3.63, 3.8) is 0 Å². The van der Waals surface area contributed by atoms with E-state index < -0.39 is 6.61 Å². The first kappa shape index (κ1) is 13.4. The zero-order valence-electron chi connectivity index (χ0n) is 9.32. The number of ether oxygens (including phenoxy) is 1. The molecular weight excluding hydrogens is 230 g/mol. The summed E-state index contributed by atoms with van der Waals surface area (Å²) in [5.74, 6) is -0.188. The number of carbonyl (C=O) groups excluding carboxylic acids is 1. The lowest BCUT2D eigenvalue weighted by Gasteiger charge is -2.14. The van der Waals surface area contributed by atoms with Crippen molar-refractivity contribution in [2.24, 2.45) is 5.73 Å². The third-order valence-electron chi connectivity index (χ3n) is 2.17. The van der Waals surface area contributed by atoms with E-state index in [0.29, 0.717) is 0 Å². The highest BCUT2D eigenvalue weighted by Crippen LogP contribution is 2.18. The summed E-state index contributed by atoms with van der Waals surface area (Å²) in [7, 11) is 0. The number of amides is 1. The molecule has 4 nitrogen and oxygen atoms in total. The highest BCUT2D eigenvalue weighted by atomic mass is 19.3. The Hall–Kier alpha value is -1.69. The Bertz CT molecular complexity index is 368. The highest BCUT2D eigenvalue weighted by molar-refractivity contribution is 5.78. The average Bonchev–Trinajstić information content (AvgIpc) is 2.28. The number of carbonyl (C=O) groups is 1. The smallest absolute Gasteiger partial charge is 0.387 e. The van der Waals surface area contributed by atoms with Crippen molar-refractivity contribution in [2.45, 2.75) is 19.6 Å². The van der Waals surface area contributed by atoms with Gasteiger partial charge in [-0.2, -0.15) is 8.78 Å². The number of hydrogen-bond donors (Lipinski definition) is 2. The molecule has 17 heavy (non-hydrogen) atoms. The Morgan fingerprint density at radius 3 is 2.47 bits per heavy atom. The number of nitrogens with one attached hydrogen (secondary N) is 1. The van der Waals surface area contributed by atoms with Gasteiger partial charge in [0.15, 0.2) is 0 Å². The largest absolute Gasteiger partial charge is 0.435 e. The van der Waals surface area contributed by atoms with Crippen LogP contribution in [-0.2, 0) is 4.79 Å². The van der Waals surface area contributed by atoms with Crippen molar-refractivity contribution in [1.82, 2.24) is 5.32 Å². The topological polar surface area (TPSA) is 64.4 Å². The highest BCUT2D eigenvalue weighted by Gasteiger charge is 2.09. The van der Waals surface area contributed by atoms with E-state index in [1.54, 1.807) is 19.1 Å². The Morgan fingerprint density at radius 2 is 2.00 bits per heavy atom. The van der Waals surface area contributed by atoms with Crippen LogP contribution in [0.15, 0.2) is 24.3 Å². The third kappa shape index (κ3) is 4.36. The summed E-state index contributed by atoms with van der Waals surface area (Å²) in [6.45, 7) is -1.15. The van der Waals surface area contributed by atoms with Gasteiger partial charge in [-0.15, -0.1) is 0 Å². The van der Waals surface area contributed by atoms with Crippen LogP contribution >= 0.6 is 0 Å². The van der Waals surface area contributed by atoms with Gasteiger partial charge in [-0.25, -0.2) is 0 Å². The zero-order chi connectivity index (χ0) is 12.8. The second-order valence-corrected chi connectivity index (χ2v) is 3.44. The van der Waals surface area contributed by atoms with E-state index >= 15 is 0 Å². The summed E-state index contributed by atoms with van der Waals surface area (Å²) in [5, 5.41) is 2.65. The standard InChI is InChI=1S/C11H14F2N2O2/c1-7(15-10(16)6-14)8-2-4-9(5-3-8)17-11(12)13/h2-5,7,11H,6,14H2,1H3,(H,15,16). The third-order valence-corrected chi connectivity index (χ3v) is 2.17. The molecule has 0 aliphatic rings. The Labute approximate surface area is 97.8 Å². The number of benzene rings is 1.